The van der Waals surface area contributed by atoms with Crippen LogP contribution in [0.15, 0.2) is 0 Å². The highest BCUT2D eigenvalue weighted by atomic mass is 35.5. The minimum Gasteiger partial charge on any atom is -0.351 e. The normalized spacial score (nSPS) is 20.2. The maximum Gasteiger partial charge on any atom is 0.231 e. The molecule has 16 heavy (non-hydrogen) atoms. The summed E-state index contributed by atoms with van der Waals surface area (Å²) in [6, 6.07) is 0.532. The molecule has 3 rings (SSSR count). The molecule has 1 aliphatic heterocycles. The molecule has 0 amide bonds. The predicted molar refractivity (Wildman–Crippen MR) is 62.9 cm³/mol. The van der Waals surface area contributed by atoms with Crippen LogP contribution < -0.4 is 10.2 Å². The Labute approximate surface area is 99.2 Å². The summed E-state index contributed by atoms with van der Waals surface area (Å²) in [4.78, 5) is 14.8. The Morgan fingerprint density at radius 1 is 1.12 bits per heavy atom. The number of nitrogens with one attached hydrogen (secondary N) is 1. The Kier molecular flexibility index (Phi) is 2.55. The zero-order valence-corrected chi connectivity index (χ0v) is 9.74. The fraction of sp³-hybridized carbons (Fsp3) is 0.700. The summed E-state index contributed by atoms with van der Waals surface area (Å²) in [6.45, 7) is 2.03. The van der Waals surface area contributed by atoms with E-state index in [1.54, 1.807) is 0 Å². The SMILES string of the molecule is Clc1nc(NC2CC2)nc(N2CCCC2)n1. The lowest BCUT2D eigenvalue weighted by molar-refractivity contribution is 0.876. The molecular formula is C10H14ClN5. The first-order chi connectivity index (χ1) is 7.81. The average Bonchev–Trinajstić information content (AvgIpc) is 2.90. The van der Waals surface area contributed by atoms with Crippen LogP contribution >= 0.6 is 11.6 Å². The Hall–Kier alpha value is -1.10. The molecule has 0 atom stereocenters. The predicted octanol–water partition coefficient (Wildman–Crippen LogP) is 1.70. The van der Waals surface area contributed by atoms with Gasteiger partial charge in [-0.3, -0.25) is 0 Å². The fourth-order valence-electron chi connectivity index (χ4n) is 1.87. The standard InChI is InChI=1S/C10H14ClN5/c11-8-13-9(12-7-3-4-7)15-10(14-8)16-5-1-2-6-16/h7H,1-6H2,(H,12,13,14,15). The van der Waals surface area contributed by atoms with Crippen molar-refractivity contribution < 1.29 is 0 Å². The maximum absolute atomic E-state index is 5.90. The molecule has 1 aromatic heterocycles. The first-order valence-electron chi connectivity index (χ1n) is 5.74. The monoisotopic (exact) mass is 239 g/mol. The molecule has 2 aliphatic rings. The molecule has 0 radical (unpaired) electrons. The molecule has 0 bridgehead atoms. The second kappa shape index (κ2) is 4.05. The van der Waals surface area contributed by atoms with Gasteiger partial charge in [0.1, 0.15) is 0 Å². The van der Waals surface area contributed by atoms with E-state index in [1.165, 1.54) is 25.7 Å². The summed E-state index contributed by atoms with van der Waals surface area (Å²) in [7, 11) is 0. The van der Waals surface area contributed by atoms with Gasteiger partial charge in [-0.1, -0.05) is 0 Å². The van der Waals surface area contributed by atoms with Gasteiger partial charge in [0.15, 0.2) is 0 Å². The van der Waals surface area contributed by atoms with Gasteiger partial charge in [-0.25, -0.2) is 0 Å². The van der Waals surface area contributed by atoms with Gasteiger partial charge in [0.25, 0.3) is 0 Å². The van der Waals surface area contributed by atoms with Crippen molar-refractivity contribution in [1.82, 2.24) is 15.0 Å². The van der Waals surface area contributed by atoms with Gasteiger partial charge in [-0.05, 0) is 37.3 Å². The first-order valence-corrected chi connectivity index (χ1v) is 6.12. The van der Waals surface area contributed by atoms with Gasteiger partial charge >= 0.3 is 0 Å². The molecule has 5 nitrogen and oxygen atoms in total. The van der Waals surface area contributed by atoms with Crippen molar-refractivity contribution in [2.45, 2.75) is 31.7 Å². The quantitative estimate of drug-likeness (QED) is 0.870. The molecule has 6 heteroatoms. The second-order valence-corrected chi connectivity index (χ2v) is 4.68. The molecule has 86 valence electrons. The van der Waals surface area contributed by atoms with Gasteiger partial charge in [-0.2, -0.15) is 15.0 Å². The van der Waals surface area contributed by atoms with Crippen LogP contribution in [0.5, 0.6) is 0 Å². The lowest BCUT2D eigenvalue weighted by Gasteiger charge is -2.15. The topological polar surface area (TPSA) is 53.9 Å². The van der Waals surface area contributed by atoms with Crippen LogP contribution in [0.3, 0.4) is 0 Å². The van der Waals surface area contributed by atoms with E-state index in [0.717, 1.165) is 13.1 Å². The average molecular weight is 240 g/mol. The number of rotatable bonds is 3. The van der Waals surface area contributed by atoms with E-state index in [1.807, 2.05) is 0 Å². The summed E-state index contributed by atoms with van der Waals surface area (Å²) < 4.78 is 0. The molecule has 1 aromatic rings. The summed E-state index contributed by atoms with van der Waals surface area (Å²) in [5.74, 6) is 1.32. The van der Waals surface area contributed by atoms with E-state index in [0.29, 0.717) is 17.9 Å². The third-order valence-corrected chi connectivity index (χ3v) is 3.06. The van der Waals surface area contributed by atoms with E-state index in [4.69, 9.17) is 11.6 Å². The third kappa shape index (κ3) is 2.19. The second-order valence-electron chi connectivity index (χ2n) is 4.34. The van der Waals surface area contributed by atoms with Crippen LogP contribution in [0.25, 0.3) is 0 Å². The summed E-state index contributed by atoms with van der Waals surface area (Å²) >= 11 is 5.90. The van der Waals surface area contributed by atoms with Crippen molar-refractivity contribution in [3.8, 4) is 0 Å². The van der Waals surface area contributed by atoms with Crippen molar-refractivity contribution in [1.29, 1.82) is 0 Å². The van der Waals surface area contributed by atoms with Gasteiger partial charge in [-0.15, -0.1) is 0 Å². The third-order valence-electron chi connectivity index (χ3n) is 2.90. The van der Waals surface area contributed by atoms with Crippen LogP contribution in [0.1, 0.15) is 25.7 Å². The number of nitrogens with zero attached hydrogens (tertiary/aromatic N) is 4. The fourth-order valence-corrected chi connectivity index (χ4v) is 2.03. The lowest BCUT2D eigenvalue weighted by Crippen LogP contribution is -2.21. The smallest absolute Gasteiger partial charge is 0.231 e. The molecule has 1 N–H and O–H groups in total. The Balaban J connectivity index is 1.82. The highest BCUT2D eigenvalue weighted by molar-refractivity contribution is 6.28. The van der Waals surface area contributed by atoms with Gasteiger partial charge in [0, 0.05) is 19.1 Å². The Bertz CT molecular complexity index is 387. The van der Waals surface area contributed by atoms with Crippen molar-refractivity contribution in [2.24, 2.45) is 0 Å². The van der Waals surface area contributed by atoms with Crippen LogP contribution in [0.2, 0.25) is 5.28 Å². The highest BCUT2D eigenvalue weighted by Gasteiger charge is 2.23. The van der Waals surface area contributed by atoms with E-state index in [-0.39, 0.29) is 5.28 Å². The molecule has 0 unspecified atom stereocenters. The first kappa shape index (κ1) is 10.1. The molecule has 0 aromatic carbocycles. The van der Waals surface area contributed by atoms with E-state index < -0.39 is 0 Å². The molecule has 1 saturated heterocycles. The zero-order valence-electron chi connectivity index (χ0n) is 8.99. The summed E-state index contributed by atoms with van der Waals surface area (Å²) in [5.41, 5.74) is 0. The molecule has 1 saturated carbocycles. The Morgan fingerprint density at radius 2 is 1.88 bits per heavy atom. The van der Waals surface area contributed by atoms with Crippen molar-refractivity contribution >= 4 is 23.5 Å². The van der Waals surface area contributed by atoms with Crippen molar-refractivity contribution in [2.75, 3.05) is 23.3 Å². The minimum atomic E-state index is 0.278. The minimum absolute atomic E-state index is 0.278. The number of hydrogen-bond donors (Lipinski definition) is 1. The molecule has 0 spiro atoms. The molecular weight excluding hydrogens is 226 g/mol. The van der Waals surface area contributed by atoms with Gasteiger partial charge < -0.3 is 10.2 Å². The zero-order chi connectivity index (χ0) is 11.0. The molecule has 1 aliphatic carbocycles. The largest absolute Gasteiger partial charge is 0.351 e. The van der Waals surface area contributed by atoms with E-state index in [9.17, 15) is 0 Å². The number of hydrogen-bond acceptors (Lipinski definition) is 5. The molecule has 2 fully saturated rings. The number of halogens is 1. The number of anilines is 2. The highest BCUT2D eigenvalue weighted by Crippen LogP contribution is 2.24. The van der Waals surface area contributed by atoms with Crippen molar-refractivity contribution in [3.63, 3.8) is 0 Å². The van der Waals surface area contributed by atoms with Gasteiger partial charge in [0.05, 0.1) is 0 Å². The van der Waals surface area contributed by atoms with Crippen LogP contribution in [0, 0.1) is 0 Å². The summed E-state index contributed by atoms with van der Waals surface area (Å²) in [5, 5.41) is 3.53. The van der Waals surface area contributed by atoms with E-state index >= 15 is 0 Å². The Morgan fingerprint density at radius 3 is 2.56 bits per heavy atom. The van der Waals surface area contributed by atoms with Gasteiger partial charge in [0.2, 0.25) is 17.2 Å². The van der Waals surface area contributed by atoms with Crippen LogP contribution in [-0.4, -0.2) is 34.1 Å². The summed E-state index contributed by atoms with van der Waals surface area (Å²) in [6.07, 6.45) is 4.80. The molecule has 2 heterocycles. The van der Waals surface area contributed by atoms with Crippen LogP contribution in [-0.2, 0) is 0 Å². The number of aromatic nitrogens is 3. The lowest BCUT2D eigenvalue weighted by atomic mass is 10.4. The van der Waals surface area contributed by atoms with E-state index in [2.05, 4.69) is 25.2 Å². The van der Waals surface area contributed by atoms with Crippen LogP contribution in [0.4, 0.5) is 11.9 Å². The maximum atomic E-state index is 5.90. The van der Waals surface area contributed by atoms with Crippen molar-refractivity contribution in [3.05, 3.63) is 5.28 Å².